The van der Waals surface area contributed by atoms with E-state index in [1.807, 2.05) is 84.3 Å². The van der Waals surface area contributed by atoms with Crippen molar-refractivity contribution in [3.05, 3.63) is 129 Å². The highest BCUT2D eigenvalue weighted by Crippen LogP contribution is 2.21. The fraction of sp³-hybridized carbons (Fsp3) is 0.200. The number of aromatic nitrogens is 6. The lowest BCUT2D eigenvalue weighted by Gasteiger charge is -2.25. The van der Waals surface area contributed by atoms with Gasteiger partial charge < -0.3 is 39.3 Å². The molecule has 4 aromatic heterocycles. The molecular formula is C55H48N10O8. The molecule has 0 aliphatic rings. The van der Waals surface area contributed by atoms with Gasteiger partial charge in [-0.2, -0.15) is 0 Å². The average molecular weight is 977 g/mol. The zero-order valence-corrected chi connectivity index (χ0v) is 39.9. The van der Waals surface area contributed by atoms with E-state index in [0.29, 0.717) is 43.5 Å². The zero-order valence-electron chi connectivity index (χ0n) is 39.9. The Hall–Kier alpha value is -10.8. The Bertz CT molecular complexity index is 3460. The third kappa shape index (κ3) is 17.4. The minimum absolute atomic E-state index is 0. The molecule has 0 spiro atoms. The molecule has 0 unspecified atom stereocenters. The van der Waals surface area contributed by atoms with E-state index in [4.69, 9.17) is 15.7 Å². The van der Waals surface area contributed by atoms with Crippen LogP contribution in [0.2, 0.25) is 0 Å². The van der Waals surface area contributed by atoms with Crippen LogP contribution in [0, 0.1) is 95.2 Å². The molecule has 0 aliphatic heterocycles. The molecule has 18 heteroatoms. The normalized spacial score (nSPS) is 8.84. The van der Waals surface area contributed by atoms with E-state index in [2.05, 4.69) is 124 Å². The standard InChI is InChI=1S/C19H21N5O4.C18H19N5O4.C17H4.CH4/c1-4-24(11-13-8-6-5-7-9-13)19-22-15(16(27-3)18(26)23(19)2)17(25)21-14-10-20-28-12-14;1-3-23(10-12-7-5-4-6-8-12)18-21-14(15(24)17(26)22(18)2)16(25)20-13-9-19-27-11-13;1-3-5-7-9-11-13-15-17-16-14-12-10-8-6-4-2;/h5-10,12H,4,11H2,1-3H3,(H,21,25);4-9,11,24H,3,10H2,1-2H3,(H,20,25);1H,2H3;1H4. The number of terminal acetylenes is 1. The van der Waals surface area contributed by atoms with E-state index in [9.17, 15) is 24.3 Å². The van der Waals surface area contributed by atoms with E-state index in [-0.39, 0.29) is 30.5 Å². The van der Waals surface area contributed by atoms with E-state index in [0.717, 1.165) is 11.1 Å². The van der Waals surface area contributed by atoms with Gasteiger partial charge in [-0.15, -0.1) is 6.42 Å². The molecule has 4 heterocycles. The maximum Gasteiger partial charge on any atom is 0.297 e. The molecule has 0 saturated heterocycles. The molecule has 0 fully saturated rings. The van der Waals surface area contributed by atoms with Crippen molar-refractivity contribution in [3.63, 3.8) is 0 Å². The largest absolute Gasteiger partial charge is 0.501 e. The Morgan fingerprint density at radius 3 is 1.44 bits per heavy atom. The molecule has 6 aromatic rings. The van der Waals surface area contributed by atoms with Gasteiger partial charge in [-0.05, 0) is 115 Å². The van der Waals surface area contributed by atoms with Gasteiger partial charge in [0.05, 0.1) is 19.5 Å². The Morgan fingerprint density at radius 1 is 0.658 bits per heavy atom. The number of amides is 2. The Kier molecular flexibility index (Phi) is 23.7. The highest BCUT2D eigenvalue weighted by molar-refractivity contribution is 6.05. The predicted octanol–water partition coefficient (Wildman–Crippen LogP) is 5.11. The van der Waals surface area contributed by atoms with Crippen LogP contribution in [0.1, 0.15) is 60.3 Å². The molecule has 2 aromatic carbocycles. The molecule has 6 rings (SSSR count). The minimum Gasteiger partial charge on any atom is -0.501 e. The van der Waals surface area contributed by atoms with Crippen molar-refractivity contribution in [2.75, 3.05) is 40.6 Å². The number of methoxy groups -OCH3 is 1. The van der Waals surface area contributed by atoms with Crippen molar-refractivity contribution in [1.82, 2.24) is 29.4 Å². The molecule has 3 N–H and O–H groups in total. The second-order valence-electron chi connectivity index (χ2n) is 13.9. The van der Waals surface area contributed by atoms with Gasteiger partial charge in [0, 0.05) is 40.3 Å². The van der Waals surface area contributed by atoms with Crippen LogP contribution < -0.4 is 36.3 Å². The summed E-state index contributed by atoms with van der Waals surface area (Å²) in [6.07, 6.45) is 10.0. The number of rotatable bonds is 13. The second-order valence-corrected chi connectivity index (χ2v) is 13.9. The SMILES string of the molecule is C.C#CC#CC#CC#CC#CC#CC#CC#CC.CCN(Cc1ccccc1)c1nc(C(=O)Nc2cnoc2)c(O)c(=O)n1C.CCN(Cc1ccccc1)c1nc(C(=O)Nc2cnoc2)c(OC)c(=O)n1C. The van der Waals surface area contributed by atoms with Crippen molar-refractivity contribution in [3.8, 4) is 107 Å². The molecule has 0 saturated carbocycles. The first-order valence-corrected chi connectivity index (χ1v) is 21.3. The summed E-state index contributed by atoms with van der Waals surface area (Å²) in [7, 11) is 4.43. The van der Waals surface area contributed by atoms with Crippen molar-refractivity contribution >= 4 is 35.1 Å². The van der Waals surface area contributed by atoms with Crippen molar-refractivity contribution < 1.29 is 28.5 Å². The molecule has 0 bridgehead atoms. The number of hydrogen-bond donors (Lipinski definition) is 3. The van der Waals surface area contributed by atoms with Gasteiger partial charge in [0.15, 0.2) is 11.4 Å². The lowest BCUT2D eigenvalue weighted by atomic mass is 10.2. The minimum atomic E-state index is -0.731. The first-order chi connectivity index (χ1) is 35.0. The third-order valence-electron chi connectivity index (χ3n) is 9.19. The van der Waals surface area contributed by atoms with Crippen LogP contribution >= 0.6 is 0 Å². The zero-order chi connectivity index (χ0) is 52.1. The summed E-state index contributed by atoms with van der Waals surface area (Å²) in [6, 6.07) is 19.5. The summed E-state index contributed by atoms with van der Waals surface area (Å²) >= 11 is 0. The summed E-state index contributed by atoms with van der Waals surface area (Å²) in [4.78, 5) is 62.8. The summed E-state index contributed by atoms with van der Waals surface area (Å²) in [6.45, 7) is 7.74. The number of nitrogens with zero attached hydrogens (tertiary/aromatic N) is 8. The van der Waals surface area contributed by atoms with Crippen molar-refractivity contribution in [2.24, 2.45) is 14.1 Å². The lowest BCUT2D eigenvalue weighted by Crippen LogP contribution is -2.34. The molecule has 0 atom stereocenters. The van der Waals surface area contributed by atoms with Crippen LogP contribution in [-0.4, -0.2) is 66.5 Å². The molecule has 73 heavy (non-hydrogen) atoms. The van der Waals surface area contributed by atoms with Gasteiger partial charge in [-0.1, -0.05) is 84.3 Å². The van der Waals surface area contributed by atoms with Gasteiger partial charge >= 0.3 is 0 Å². The van der Waals surface area contributed by atoms with Crippen LogP contribution in [0.15, 0.2) is 104 Å². The van der Waals surface area contributed by atoms with E-state index >= 15 is 0 Å². The number of nitrogens with one attached hydrogen (secondary N) is 2. The average Bonchev–Trinajstić information content (AvgIpc) is 4.13. The number of anilines is 4. The third-order valence-corrected chi connectivity index (χ3v) is 9.19. The predicted molar refractivity (Wildman–Crippen MR) is 278 cm³/mol. The molecular weight excluding hydrogens is 929 g/mol. The fourth-order valence-electron chi connectivity index (χ4n) is 5.82. The number of carbonyl (C=O) groups excluding carboxylic acids is 2. The molecule has 18 nitrogen and oxygen atoms in total. The highest BCUT2D eigenvalue weighted by atomic mass is 16.5. The second kappa shape index (κ2) is 30.6. The summed E-state index contributed by atoms with van der Waals surface area (Å²) in [5, 5.41) is 22.2. The highest BCUT2D eigenvalue weighted by Gasteiger charge is 2.25. The van der Waals surface area contributed by atoms with E-state index in [1.165, 1.54) is 48.2 Å². The van der Waals surface area contributed by atoms with Crippen LogP contribution in [-0.2, 0) is 27.2 Å². The molecule has 0 radical (unpaired) electrons. The van der Waals surface area contributed by atoms with Crippen LogP contribution in [0.5, 0.6) is 11.5 Å². The molecule has 2 amide bonds. The fourth-order valence-corrected chi connectivity index (χ4v) is 5.82. The van der Waals surface area contributed by atoms with E-state index < -0.39 is 28.7 Å². The molecule has 0 aliphatic carbocycles. The van der Waals surface area contributed by atoms with E-state index in [1.54, 1.807) is 14.0 Å². The van der Waals surface area contributed by atoms with Gasteiger partial charge in [0.25, 0.3) is 22.9 Å². The Labute approximate surface area is 423 Å². The maximum absolute atomic E-state index is 12.8. The quantitative estimate of drug-likeness (QED) is 0.128. The van der Waals surface area contributed by atoms with Crippen molar-refractivity contribution in [1.29, 1.82) is 0 Å². The number of carbonyl (C=O) groups is 2. The Morgan fingerprint density at radius 2 is 1.05 bits per heavy atom. The first kappa shape index (κ1) is 56.6. The number of ether oxygens (including phenoxy) is 1. The topological polar surface area (TPSA) is 216 Å². The Balaban J connectivity index is 0.000000297. The summed E-state index contributed by atoms with van der Waals surface area (Å²) in [5.41, 5.74) is 1.11. The first-order valence-electron chi connectivity index (χ1n) is 21.3. The van der Waals surface area contributed by atoms with Gasteiger partial charge in [-0.3, -0.25) is 28.3 Å². The smallest absolute Gasteiger partial charge is 0.297 e. The monoisotopic (exact) mass is 976 g/mol. The molecule has 366 valence electrons. The van der Waals surface area contributed by atoms with Crippen molar-refractivity contribution in [2.45, 2.75) is 41.3 Å². The van der Waals surface area contributed by atoms with Gasteiger partial charge in [-0.25, -0.2) is 9.97 Å². The maximum atomic E-state index is 12.8. The van der Waals surface area contributed by atoms with Crippen LogP contribution in [0.3, 0.4) is 0 Å². The number of hydrogen-bond acceptors (Lipinski definition) is 14. The lowest BCUT2D eigenvalue weighted by molar-refractivity contribution is 0.101. The van der Waals surface area contributed by atoms with Crippen LogP contribution in [0.4, 0.5) is 23.3 Å². The number of aromatic hydroxyl groups is 1. The summed E-state index contributed by atoms with van der Waals surface area (Å²) < 4.78 is 17.1. The number of benzene rings is 2. The van der Waals surface area contributed by atoms with Gasteiger partial charge in [0.1, 0.15) is 23.9 Å². The van der Waals surface area contributed by atoms with Crippen LogP contribution in [0.25, 0.3) is 0 Å². The van der Waals surface area contributed by atoms with Gasteiger partial charge in [0.2, 0.25) is 23.4 Å². The summed E-state index contributed by atoms with van der Waals surface area (Å²) in [5.74, 6) is 35.4.